The third-order valence-corrected chi connectivity index (χ3v) is 13.9. The fourth-order valence-corrected chi connectivity index (χ4v) is 8.24. The van der Waals surface area contributed by atoms with Crippen molar-refractivity contribution in [2.45, 2.75) is 65.7 Å². The highest BCUT2D eigenvalue weighted by atomic mass is 32.2. The van der Waals surface area contributed by atoms with Crippen molar-refractivity contribution in [3.63, 3.8) is 0 Å². The summed E-state index contributed by atoms with van der Waals surface area (Å²) in [5.74, 6) is -0.454. The molecule has 440 valence electrons. The fraction of sp³-hybridized carbons (Fsp3) is 0.153. The molecule has 0 bridgehead atoms. The Kier molecular flexibility index (Phi) is 23.8. The van der Waals surface area contributed by atoms with E-state index in [4.69, 9.17) is 89.9 Å². The van der Waals surface area contributed by atoms with E-state index in [9.17, 15) is 28.1 Å². The number of unbranched alkanes of at least 4 members (excludes halogenated alkanes) is 1. The molecule has 83 heavy (non-hydrogen) atoms. The quantitative estimate of drug-likeness (QED) is 0.0252. The number of benzene rings is 8. The Balaban J connectivity index is 0.000000257. The Morgan fingerprint density at radius 3 is 1.30 bits per heavy atom. The lowest BCUT2D eigenvalue weighted by Crippen LogP contribution is -2.23. The first-order valence-electron chi connectivity index (χ1n) is 25.2. The van der Waals surface area contributed by atoms with Gasteiger partial charge in [0.25, 0.3) is 15.8 Å². The summed E-state index contributed by atoms with van der Waals surface area (Å²) in [6, 6.07) is 33.8. The average Bonchev–Trinajstić information content (AvgIpc) is 2.65. The molecular formula is C59H75N15O8S. The second kappa shape index (κ2) is 29.6. The van der Waals surface area contributed by atoms with Crippen LogP contribution in [0.1, 0.15) is 85.0 Å². The van der Waals surface area contributed by atoms with Crippen molar-refractivity contribution >= 4 is 107 Å². The number of phenolic OH excluding ortho intramolecular Hbond substituents is 1. The van der Waals surface area contributed by atoms with Crippen LogP contribution in [-0.4, -0.2) is 34.6 Å². The van der Waals surface area contributed by atoms with Gasteiger partial charge in [-0.15, -0.1) is 0 Å². The number of anilines is 14. The van der Waals surface area contributed by atoms with E-state index in [-0.39, 0.29) is 73.2 Å². The van der Waals surface area contributed by atoms with Crippen LogP contribution in [0.3, 0.4) is 0 Å². The number of nitro benzene ring substituents is 1. The summed E-state index contributed by atoms with van der Waals surface area (Å²) in [6.07, 6.45) is 3.40. The van der Waals surface area contributed by atoms with Crippen LogP contribution in [0.2, 0.25) is 0 Å². The van der Waals surface area contributed by atoms with E-state index in [0.29, 0.717) is 39.6 Å². The molecule has 0 fully saturated rings. The van der Waals surface area contributed by atoms with Crippen LogP contribution in [-0.2, 0) is 16.5 Å². The Morgan fingerprint density at radius 2 is 0.904 bits per heavy atom. The molecule has 8 aromatic rings. The van der Waals surface area contributed by atoms with E-state index in [1.165, 1.54) is 54.8 Å². The monoisotopic (exact) mass is 1150 g/mol. The van der Waals surface area contributed by atoms with E-state index >= 15 is 0 Å². The number of phenols is 1. The number of non-ortho nitro benzene ring substituents is 1. The van der Waals surface area contributed by atoms with Gasteiger partial charge in [-0.1, -0.05) is 67.9 Å². The number of hydrogen-bond acceptors (Lipinski definition) is 21. The minimum Gasteiger partial charge on any atom is -0.506 e. The molecule has 24 heteroatoms. The number of para-hydroxylation sites is 3. The minimum atomic E-state index is -4.26. The molecule has 1 aliphatic carbocycles. The van der Waals surface area contributed by atoms with Crippen molar-refractivity contribution in [3.05, 3.63) is 193 Å². The number of nitrogens with two attached hydrogens (primary N) is 14. The number of nitrogen functional groups attached to an aromatic ring is 14. The van der Waals surface area contributed by atoms with Crippen LogP contribution in [0.25, 0.3) is 0 Å². The van der Waals surface area contributed by atoms with Crippen molar-refractivity contribution in [1.29, 1.82) is 0 Å². The molecule has 0 unspecified atom stereocenters. The van der Waals surface area contributed by atoms with Crippen LogP contribution < -0.4 is 80.3 Å². The molecule has 0 heterocycles. The highest BCUT2D eigenvalue weighted by Gasteiger charge is 2.32. The molecule has 0 aliphatic heterocycles. The van der Waals surface area contributed by atoms with Gasteiger partial charge in [-0.2, -0.15) is 8.42 Å². The maximum atomic E-state index is 12.3. The first kappa shape index (κ1) is 66.7. The van der Waals surface area contributed by atoms with Crippen molar-refractivity contribution in [1.82, 2.24) is 0 Å². The summed E-state index contributed by atoms with van der Waals surface area (Å²) in [4.78, 5) is 34.0. The van der Waals surface area contributed by atoms with Gasteiger partial charge in [0.05, 0.1) is 67.2 Å². The zero-order valence-corrected chi connectivity index (χ0v) is 47.8. The van der Waals surface area contributed by atoms with Gasteiger partial charge in [-0.25, -0.2) is 0 Å². The van der Waals surface area contributed by atoms with Crippen LogP contribution in [0.5, 0.6) is 5.75 Å². The molecular weight excluding hydrogens is 1080 g/mol. The number of carbonyl (C=O) groups is 2. The summed E-state index contributed by atoms with van der Waals surface area (Å²) >= 11 is 0. The number of carbonyl (C=O) groups excluding carboxylic acids is 2. The molecule has 23 nitrogen and oxygen atoms in total. The van der Waals surface area contributed by atoms with Crippen molar-refractivity contribution < 1.29 is 32.6 Å². The highest BCUT2D eigenvalue weighted by Crippen LogP contribution is 2.34. The fourth-order valence-electron chi connectivity index (χ4n) is 7.59. The van der Waals surface area contributed by atoms with Crippen LogP contribution in [0, 0.1) is 44.7 Å². The predicted octanol–water partition coefficient (Wildman–Crippen LogP) is 8.48. The number of aryl methyl sites for hydroxylation is 2. The topological polar surface area (TPSA) is 516 Å². The van der Waals surface area contributed by atoms with E-state index < -0.39 is 15.0 Å². The largest absolute Gasteiger partial charge is 0.506 e. The normalized spacial score (nSPS) is 10.7. The summed E-state index contributed by atoms with van der Waals surface area (Å²) in [6.45, 7) is 12.1. The molecule has 9 rings (SSSR count). The number of hydrogen-bond donors (Lipinski definition) is 16. The predicted molar refractivity (Wildman–Crippen MR) is 341 cm³/mol. The molecule has 0 amide bonds. The van der Waals surface area contributed by atoms with Gasteiger partial charge in [0.15, 0.2) is 11.6 Å². The summed E-state index contributed by atoms with van der Waals surface area (Å²) in [7, 11) is -4.26. The second-order valence-electron chi connectivity index (χ2n) is 18.7. The maximum Gasteiger partial charge on any atom is 0.296 e. The van der Waals surface area contributed by atoms with Gasteiger partial charge < -0.3 is 85.4 Å². The number of ketones is 2. The first-order chi connectivity index (χ1) is 38.8. The lowest BCUT2D eigenvalue weighted by Gasteiger charge is -2.20. The summed E-state index contributed by atoms with van der Waals surface area (Å²) in [5, 5.41) is 19.1. The Bertz CT molecular complexity index is 3510. The van der Waals surface area contributed by atoms with Gasteiger partial charge in [-0.3, -0.25) is 24.3 Å². The van der Waals surface area contributed by atoms with Gasteiger partial charge in [0.2, 0.25) is 0 Å². The maximum absolute atomic E-state index is 12.3. The molecule has 8 aromatic carbocycles. The molecule has 0 saturated heterocycles. The minimum absolute atomic E-state index is 0.0216. The zero-order valence-electron chi connectivity index (χ0n) is 47.0. The molecule has 30 N–H and O–H groups in total. The number of fused-ring (bicyclic) bond motifs is 2. The van der Waals surface area contributed by atoms with E-state index in [0.717, 1.165) is 57.4 Å². The zero-order chi connectivity index (χ0) is 62.8. The van der Waals surface area contributed by atoms with Gasteiger partial charge in [0.1, 0.15) is 10.6 Å². The van der Waals surface area contributed by atoms with E-state index in [1.807, 2.05) is 65.0 Å². The molecule has 1 aliphatic rings. The highest BCUT2D eigenvalue weighted by molar-refractivity contribution is 7.86. The third kappa shape index (κ3) is 17.7. The standard InChI is InChI=1S/C14H10N2O2.2C10H16N2.C7H10N2.C6H7N3O2.C6H8N2O3S.C6H8N2O/c15-9-5-6-10(16)12-11(9)13(17)7-3-1-2-4-8(7)14(12)18;1-5-6(2)10(12)8(4)7(3)9(5)11;1-2-3-5-8-6-4-7-9(11)10(8)12;1-5-3-2-4-6(8)7(5)9;7-5-2-1-4(9(10)11)3-6(5)8;7-4-1-2-5(8)6(3-4)12(9,10)11;7-4-2-1-3-5(9)6(4)8/h1-6H,15-16H2;11-12H2,1-4H3;4,6-7H,2-3,5,11-12H2,1H3;2-4H,8-9H2,1H3;1-3H,7-8H2;1-3H,7-8H2,(H,9,10,11);1-3,9H,7-8H2. The average molecular weight is 1150 g/mol. The van der Waals surface area contributed by atoms with Crippen molar-refractivity contribution in [3.8, 4) is 5.75 Å². The van der Waals surface area contributed by atoms with Crippen LogP contribution in [0.15, 0.2) is 132 Å². The van der Waals surface area contributed by atoms with Gasteiger partial charge >= 0.3 is 0 Å². The van der Waals surface area contributed by atoms with Crippen molar-refractivity contribution in [2.75, 3.05) is 80.3 Å². The smallest absolute Gasteiger partial charge is 0.296 e. The molecule has 0 atom stereocenters. The molecule has 0 aromatic heterocycles. The van der Waals surface area contributed by atoms with E-state index in [1.54, 1.807) is 54.6 Å². The summed E-state index contributed by atoms with van der Waals surface area (Å²) < 4.78 is 29.9. The third-order valence-electron chi connectivity index (χ3n) is 13.0. The van der Waals surface area contributed by atoms with Crippen LogP contribution >= 0.6 is 0 Å². The van der Waals surface area contributed by atoms with Crippen LogP contribution in [0.4, 0.5) is 85.3 Å². The van der Waals surface area contributed by atoms with Crippen molar-refractivity contribution in [2.24, 2.45) is 0 Å². The number of aromatic hydroxyl groups is 1. The van der Waals surface area contributed by atoms with E-state index in [2.05, 4.69) is 6.92 Å². The van der Waals surface area contributed by atoms with Gasteiger partial charge in [0, 0.05) is 51.7 Å². The number of nitro groups is 1. The SMILES string of the molecule is CCCCc1cccc(N)c1N.Cc1c(C)c(N)c(C)c(C)c1N.Cc1cccc(N)c1N.Nc1ccc(N)c(S(=O)(=O)O)c1.Nc1ccc(N)c2c1C(=O)c1ccccc1C2=O.Nc1ccc([N+](=O)[O-])cc1N.Nc1cccc(O)c1N. The Hall–Kier alpha value is -10.6. The number of rotatable bonds is 5. The molecule has 0 spiro atoms. The lowest BCUT2D eigenvalue weighted by atomic mass is 9.82. The van der Waals surface area contributed by atoms with Gasteiger partial charge in [-0.05, 0) is 142 Å². The Morgan fingerprint density at radius 1 is 0.470 bits per heavy atom. The Labute approximate surface area is 482 Å². The number of nitrogens with zero attached hydrogens (tertiary/aromatic N) is 1. The second-order valence-corrected chi connectivity index (χ2v) is 20.1. The molecule has 0 saturated carbocycles. The lowest BCUT2D eigenvalue weighted by molar-refractivity contribution is -0.384. The molecule has 0 radical (unpaired) electrons. The first-order valence-corrected chi connectivity index (χ1v) is 26.7. The summed E-state index contributed by atoms with van der Waals surface area (Å²) in [5.41, 5.74) is 92.2.